The van der Waals surface area contributed by atoms with Gasteiger partial charge in [0.15, 0.2) is 5.84 Å². The topological polar surface area (TPSA) is 87.7 Å². The average Bonchev–Trinajstić information content (AvgIpc) is 2.95. The lowest BCUT2D eigenvalue weighted by atomic mass is 9.91. The summed E-state index contributed by atoms with van der Waals surface area (Å²) in [6, 6.07) is 0.276. The van der Waals surface area contributed by atoms with E-state index in [2.05, 4.69) is 17.4 Å². The molecule has 5 heteroatoms. The van der Waals surface area contributed by atoms with Crippen LogP contribution in [0, 0.1) is 11.3 Å². The molecule has 0 aromatic rings. The van der Waals surface area contributed by atoms with Crippen LogP contribution in [0.5, 0.6) is 0 Å². The summed E-state index contributed by atoms with van der Waals surface area (Å²) in [7, 11) is 0. The van der Waals surface area contributed by atoms with Crippen LogP contribution in [0.2, 0.25) is 0 Å². The van der Waals surface area contributed by atoms with Crippen LogP contribution in [0.15, 0.2) is 5.16 Å². The van der Waals surface area contributed by atoms with Crippen LogP contribution in [-0.4, -0.2) is 23.0 Å². The fourth-order valence-electron chi connectivity index (χ4n) is 1.70. The first-order valence-electron chi connectivity index (χ1n) is 5.72. The Kier molecular flexibility index (Phi) is 3.78. The SMILES string of the molecule is CCCC1CC1NC(=O)C(C)(C)C(N)=NO. The van der Waals surface area contributed by atoms with E-state index >= 15 is 0 Å². The van der Waals surface area contributed by atoms with E-state index in [1.807, 2.05) is 0 Å². The summed E-state index contributed by atoms with van der Waals surface area (Å²) in [6.07, 6.45) is 3.33. The quantitative estimate of drug-likeness (QED) is 0.284. The molecule has 0 aromatic carbocycles. The maximum atomic E-state index is 11.9. The molecule has 0 aliphatic heterocycles. The Bertz CT molecular complexity index is 300. The van der Waals surface area contributed by atoms with Crippen molar-refractivity contribution in [2.24, 2.45) is 22.2 Å². The number of nitrogens with two attached hydrogens (primary N) is 1. The summed E-state index contributed by atoms with van der Waals surface area (Å²) in [5.74, 6) is 0.376. The highest BCUT2D eigenvalue weighted by Crippen LogP contribution is 2.35. The summed E-state index contributed by atoms with van der Waals surface area (Å²) in [4.78, 5) is 11.9. The first-order valence-corrected chi connectivity index (χ1v) is 5.72. The van der Waals surface area contributed by atoms with Crippen molar-refractivity contribution in [1.29, 1.82) is 0 Å². The Hall–Kier alpha value is -1.26. The van der Waals surface area contributed by atoms with E-state index in [9.17, 15) is 4.79 Å². The Morgan fingerprint density at radius 1 is 1.62 bits per heavy atom. The van der Waals surface area contributed by atoms with E-state index in [4.69, 9.17) is 10.9 Å². The number of carbonyl (C=O) groups excluding carboxylic acids is 1. The first kappa shape index (κ1) is 12.8. The van der Waals surface area contributed by atoms with Crippen molar-refractivity contribution in [3.8, 4) is 0 Å². The van der Waals surface area contributed by atoms with Crippen LogP contribution >= 0.6 is 0 Å². The molecule has 0 bridgehead atoms. The lowest BCUT2D eigenvalue weighted by molar-refractivity contribution is -0.126. The minimum absolute atomic E-state index is 0.0577. The second kappa shape index (κ2) is 4.72. The zero-order chi connectivity index (χ0) is 12.3. The highest BCUT2D eigenvalue weighted by atomic mass is 16.4. The van der Waals surface area contributed by atoms with Crippen molar-refractivity contribution >= 4 is 11.7 Å². The van der Waals surface area contributed by atoms with Gasteiger partial charge in [-0.05, 0) is 32.6 Å². The van der Waals surface area contributed by atoms with Crippen molar-refractivity contribution in [2.45, 2.75) is 46.1 Å². The molecule has 2 atom stereocenters. The predicted molar refractivity (Wildman–Crippen MR) is 62.1 cm³/mol. The van der Waals surface area contributed by atoms with Crippen molar-refractivity contribution in [3.05, 3.63) is 0 Å². The van der Waals surface area contributed by atoms with Crippen LogP contribution in [0.25, 0.3) is 0 Å². The molecule has 1 amide bonds. The maximum absolute atomic E-state index is 11.9. The molecule has 0 radical (unpaired) electrons. The normalized spacial score (nSPS) is 25.3. The fraction of sp³-hybridized carbons (Fsp3) is 0.818. The Morgan fingerprint density at radius 2 is 2.25 bits per heavy atom. The Balaban J connectivity index is 2.48. The second-order valence-corrected chi connectivity index (χ2v) is 4.97. The van der Waals surface area contributed by atoms with Crippen molar-refractivity contribution in [3.63, 3.8) is 0 Å². The van der Waals surface area contributed by atoms with E-state index in [1.165, 1.54) is 0 Å². The van der Waals surface area contributed by atoms with E-state index in [0.717, 1.165) is 19.3 Å². The number of nitrogens with zero attached hydrogens (tertiary/aromatic N) is 1. The molecule has 16 heavy (non-hydrogen) atoms. The molecule has 4 N–H and O–H groups in total. The number of rotatable bonds is 5. The molecule has 0 aromatic heterocycles. The summed E-state index contributed by atoms with van der Waals surface area (Å²) in [5, 5.41) is 14.4. The molecular weight excluding hydrogens is 206 g/mol. The van der Waals surface area contributed by atoms with Gasteiger partial charge in [0.25, 0.3) is 0 Å². The number of oxime groups is 1. The molecular formula is C11H21N3O2. The largest absolute Gasteiger partial charge is 0.409 e. The molecule has 1 aliphatic rings. The van der Waals surface area contributed by atoms with Gasteiger partial charge in [-0.2, -0.15) is 0 Å². The van der Waals surface area contributed by atoms with Gasteiger partial charge in [-0.15, -0.1) is 0 Å². The number of amides is 1. The monoisotopic (exact) mass is 227 g/mol. The van der Waals surface area contributed by atoms with E-state index < -0.39 is 5.41 Å². The Labute approximate surface area is 96.1 Å². The van der Waals surface area contributed by atoms with Gasteiger partial charge in [0.1, 0.15) is 5.41 Å². The van der Waals surface area contributed by atoms with Gasteiger partial charge in [-0.1, -0.05) is 18.5 Å². The van der Waals surface area contributed by atoms with Crippen molar-refractivity contribution in [1.82, 2.24) is 5.32 Å². The molecule has 1 fully saturated rings. The van der Waals surface area contributed by atoms with Crippen LogP contribution < -0.4 is 11.1 Å². The number of hydrogen-bond donors (Lipinski definition) is 3. The van der Waals surface area contributed by atoms with E-state index in [-0.39, 0.29) is 17.8 Å². The zero-order valence-corrected chi connectivity index (χ0v) is 10.2. The van der Waals surface area contributed by atoms with Gasteiger partial charge in [0.2, 0.25) is 5.91 Å². The van der Waals surface area contributed by atoms with Crippen molar-refractivity contribution < 1.29 is 10.0 Å². The third kappa shape index (κ3) is 2.65. The van der Waals surface area contributed by atoms with Gasteiger partial charge in [0, 0.05) is 6.04 Å². The lowest BCUT2D eigenvalue weighted by Crippen LogP contribution is -2.46. The smallest absolute Gasteiger partial charge is 0.233 e. The second-order valence-electron chi connectivity index (χ2n) is 4.97. The minimum atomic E-state index is -0.950. The first-order chi connectivity index (χ1) is 7.43. The minimum Gasteiger partial charge on any atom is -0.409 e. The van der Waals surface area contributed by atoms with Crippen LogP contribution in [-0.2, 0) is 4.79 Å². The average molecular weight is 227 g/mol. The highest BCUT2D eigenvalue weighted by molar-refractivity contribution is 6.06. The molecule has 1 aliphatic carbocycles. The molecule has 5 nitrogen and oxygen atoms in total. The number of hydrogen-bond acceptors (Lipinski definition) is 3. The lowest BCUT2D eigenvalue weighted by Gasteiger charge is -2.21. The van der Waals surface area contributed by atoms with Crippen LogP contribution in [0.4, 0.5) is 0 Å². The molecule has 0 spiro atoms. The summed E-state index contributed by atoms with van der Waals surface area (Å²) >= 11 is 0. The maximum Gasteiger partial charge on any atom is 0.233 e. The molecule has 0 saturated heterocycles. The van der Waals surface area contributed by atoms with Gasteiger partial charge in [-0.25, -0.2) is 0 Å². The zero-order valence-electron chi connectivity index (χ0n) is 10.2. The summed E-state index contributed by atoms with van der Waals surface area (Å²) in [5.41, 5.74) is 4.53. The van der Waals surface area contributed by atoms with Gasteiger partial charge < -0.3 is 16.3 Å². The summed E-state index contributed by atoms with van der Waals surface area (Å²) in [6.45, 7) is 5.43. The van der Waals surface area contributed by atoms with E-state index in [1.54, 1.807) is 13.8 Å². The molecule has 1 saturated carbocycles. The third-order valence-electron chi connectivity index (χ3n) is 3.21. The molecule has 1 rings (SSSR count). The third-order valence-corrected chi connectivity index (χ3v) is 3.21. The van der Waals surface area contributed by atoms with Gasteiger partial charge in [0.05, 0.1) is 0 Å². The van der Waals surface area contributed by atoms with E-state index in [0.29, 0.717) is 5.92 Å². The van der Waals surface area contributed by atoms with Crippen LogP contribution in [0.3, 0.4) is 0 Å². The number of amidine groups is 1. The molecule has 2 unspecified atom stereocenters. The Morgan fingerprint density at radius 3 is 2.75 bits per heavy atom. The number of carbonyl (C=O) groups is 1. The van der Waals surface area contributed by atoms with Gasteiger partial charge in [-0.3, -0.25) is 4.79 Å². The highest BCUT2D eigenvalue weighted by Gasteiger charge is 2.41. The molecule has 92 valence electrons. The van der Waals surface area contributed by atoms with Crippen molar-refractivity contribution in [2.75, 3.05) is 0 Å². The van der Waals surface area contributed by atoms with Crippen LogP contribution in [0.1, 0.15) is 40.0 Å². The standard InChI is InChI=1S/C11H21N3O2/c1-4-5-7-6-8(7)13-10(15)11(2,3)9(12)14-16/h7-8,16H,4-6H2,1-3H3,(H2,12,14)(H,13,15). The fourth-order valence-corrected chi connectivity index (χ4v) is 1.70. The molecule has 0 heterocycles. The van der Waals surface area contributed by atoms with Gasteiger partial charge >= 0.3 is 0 Å². The number of nitrogens with one attached hydrogen (secondary N) is 1. The summed E-state index contributed by atoms with van der Waals surface area (Å²) < 4.78 is 0. The predicted octanol–water partition coefficient (Wildman–Crippen LogP) is 1.06.